The van der Waals surface area contributed by atoms with Gasteiger partial charge in [-0.3, -0.25) is 0 Å². The molecule has 0 aliphatic carbocycles. The molecule has 3 heterocycles. The summed E-state index contributed by atoms with van der Waals surface area (Å²) in [5.74, 6) is 1.28. The summed E-state index contributed by atoms with van der Waals surface area (Å²) in [4.78, 5) is 14.8. The maximum atomic E-state index is 6.00. The summed E-state index contributed by atoms with van der Waals surface area (Å²) in [7, 11) is 0. The standard InChI is InChI=1S/C29H17N3OS/c1-2-9-18(10-3-1)25-27-26(21-13-4-7-16-24(21)34-27)32-28(31-25)19-11-8-12-20(17-19)29-30-22-14-5-6-15-23(22)33-29/h1-17H. The lowest BCUT2D eigenvalue weighted by Gasteiger charge is -2.07. The van der Waals surface area contributed by atoms with Gasteiger partial charge in [-0.15, -0.1) is 11.3 Å². The van der Waals surface area contributed by atoms with Crippen LogP contribution < -0.4 is 0 Å². The van der Waals surface area contributed by atoms with Gasteiger partial charge in [0.25, 0.3) is 0 Å². The number of aromatic nitrogens is 3. The van der Waals surface area contributed by atoms with Crippen LogP contribution in [0.1, 0.15) is 0 Å². The van der Waals surface area contributed by atoms with Crippen molar-refractivity contribution in [3.8, 4) is 34.1 Å². The van der Waals surface area contributed by atoms with Crippen molar-refractivity contribution in [2.45, 2.75) is 0 Å². The van der Waals surface area contributed by atoms with E-state index in [1.807, 2.05) is 60.7 Å². The summed E-state index contributed by atoms with van der Waals surface area (Å²) >= 11 is 1.74. The molecule has 0 N–H and O–H groups in total. The molecule has 0 amide bonds. The Morgan fingerprint density at radius 1 is 0.618 bits per heavy atom. The van der Waals surface area contributed by atoms with E-state index in [1.165, 1.54) is 4.70 Å². The van der Waals surface area contributed by atoms with E-state index in [0.717, 1.165) is 49.1 Å². The lowest BCUT2D eigenvalue weighted by molar-refractivity contribution is 0.620. The summed E-state index contributed by atoms with van der Waals surface area (Å²) in [6.45, 7) is 0. The van der Waals surface area contributed by atoms with E-state index in [4.69, 9.17) is 14.4 Å². The molecule has 0 radical (unpaired) electrons. The molecule has 0 fully saturated rings. The molecule has 0 aliphatic heterocycles. The number of hydrogen-bond donors (Lipinski definition) is 0. The third-order valence-corrected chi connectivity index (χ3v) is 7.10. The fourth-order valence-electron chi connectivity index (χ4n) is 4.30. The molecule has 0 spiro atoms. The van der Waals surface area contributed by atoms with Gasteiger partial charge < -0.3 is 4.42 Å². The first kappa shape index (κ1) is 19.1. The molecule has 7 rings (SSSR count). The molecule has 0 unspecified atom stereocenters. The lowest BCUT2D eigenvalue weighted by atomic mass is 10.1. The normalized spacial score (nSPS) is 11.5. The molecule has 7 aromatic rings. The van der Waals surface area contributed by atoms with Crippen molar-refractivity contribution in [2.24, 2.45) is 0 Å². The smallest absolute Gasteiger partial charge is 0.227 e. The summed E-state index contributed by atoms with van der Waals surface area (Å²) in [6.07, 6.45) is 0. The molecule has 0 aliphatic rings. The molecule has 0 saturated heterocycles. The van der Waals surface area contributed by atoms with Gasteiger partial charge in [-0.2, -0.15) is 0 Å². The summed E-state index contributed by atoms with van der Waals surface area (Å²) in [6, 6.07) is 34.6. The average Bonchev–Trinajstić information content (AvgIpc) is 3.50. The second-order valence-corrected chi connectivity index (χ2v) is 9.16. The monoisotopic (exact) mass is 455 g/mol. The Kier molecular flexibility index (Phi) is 4.29. The van der Waals surface area contributed by atoms with Crippen LogP contribution in [0, 0.1) is 0 Å². The number of benzene rings is 4. The first-order valence-corrected chi connectivity index (χ1v) is 11.9. The van der Waals surface area contributed by atoms with Gasteiger partial charge in [-0.1, -0.05) is 72.8 Å². The molecule has 34 heavy (non-hydrogen) atoms. The van der Waals surface area contributed by atoms with Crippen molar-refractivity contribution in [3.05, 3.63) is 103 Å². The molecule has 4 nitrogen and oxygen atoms in total. The third kappa shape index (κ3) is 3.10. The van der Waals surface area contributed by atoms with E-state index in [9.17, 15) is 0 Å². The van der Waals surface area contributed by atoms with E-state index >= 15 is 0 Å². The highest BCUT2D eigenvalue weighted by molar-refractivity contribution is 7.26. The Bertz CT molecular complexity index is 1790. The van der Waals surface area contributed by atoms with Crippen molar-refractivity contribution < 1.29 is 4.42 Å². The molecule has 0 saturated carbocycles. The summed E-state index contributed by atoms with van der Waals surface area (Å²) in [5.41, 5.74) is 6.46. The van der Waals surface area contributed by atoms with Crippen molar-refractivity contribution in [1.29, 1.82) is 0 Å². The van der Waals surface area contributed by atoms with Crippen molar-refractivity contribution >= 4 is 42.7 Å². The molecule has 0 atom stereocenters. The maximum Gasteiger partial charge on any atom is 0.227 e. The zero-order valence-electron chi connectivity index (χ0n) is 18.0. The van der Waals surface area contributed by atoms with Gasteiger partial charge in [0.05, 0.1) is 15.9 Å². The van der Waals surface area contributed by atoms with E-state index in [-0.39, 0.29) is 0 Å². The highest BCUT2D eigenvalue weighted by Crippen LogP contribution is 2.39. The first-order valence-electron chi connectivity index (χ1n) is 11.0. The molecule has 5 heteroatoms. The Morgan fingerprint density at radius 3 is 2.29 bits per heavy atom. The topological polar surface area (TPSA) is 51.8 Å². The number of oxazole rings is 1. The highest BCUT2D eigenvalue weighted by atomic mass is 32.1. The van der Waals surface area contributed by atoms with Crippen LogP contribution in [-0.4, -0.2) is 15.0 Å². The van der Waals surface area contributed by atoms with E-state index in [1.54, 1.807) is 11.3 Å². The second kappa shape index (κ2) is 7.61. The zero-order chi connectivity index (χ0) is 22.5. The molecular weight excluding hydrogens is 438 g/mol. The molecule has 0 bridgehead atoms. The van der Waals surface area contributed by atoms with Crippen molar-refractivity contribution in [3.63, 3.8) is 0 Å². The van der Waals surface area contributed by atoms with Gasteiger partial charge >= 0.3 is 0 Å². The van der Waals surface area contributed by atoms with E-state index in [0.29, 0.717) is 11.7 Å². The highest BCUT2D eigenvalue weighted by Gasteiger charge is 2.17. The van der Waals surface area contributed by atoms with Crippen LogP contribution in [0.2, 0.25) is 0 Å². The van der Waals surface area contributed by atoms with Crippen LogP contribution in [0.15, 0.2) is 108 Å². The van der Waals surface area contributed by atoms with Crippen LogP contribution in [0.5, 0.6) is 0 Å². The van der Waals surface area contributed by atoms with Gasteiger partial charge in [-0.25, -0.2) is 15.0 Å². The summed E-state index contributed by atoms with van der Waals surface area (Å²) < 4.78 is 8.32. The van der Waals surface area contributed by atoms with Crippen LogP contribution in [0.4, 0.5) is 0 Å². The van der Waals surface area contributed by atoms with Crippen LogP contribution in [0.3, 0.4) is 0 Å². The number of nitrogens with zero attached hydrogens (tertiary/aromatic N) is 3. The molecule has 160 valence electrons. The van der Waals surface area contributed by atoms with E-state index in [2.05, 4.69) is 47.4 Å². The Balaban J connectivity index is 1.45. The van der Waals surface area contributed by atoms with Crippen molar-refractivity contribution in [2.75, 3.05) is 0 Å². The van der Waals surface area contributed by atoms with Gasteiger partial charge in [0.2, 0.25) is 5.89 Å². The number of thiophene rings is 1. The SMILES string of the molecule is c1ccc(-c2nc(-c3cccc(-c4nc5ccccc5o4)c3)nc3c2sc2ccccc23)cc1. The summed E-state index contributed by atoms with van der Waals surface area (Å²) in [5, 5.41) is 1.15. The third-order valence-electron chi connectivity index (χ3n) is 5.93. The van der Waals surface area contributed by atoms with Gasteiger partial charge in [0.15, 0.2) is 11.4 Å². The number of hydrogen-bond acceptors (Lipinski definition) is 5. The Morgan fingerprint density at radius 2 is 1.38 bits per heavy atom. The number of rotatable bonds is 3. The van der Waals surface area contributed by atoms with Gasteiger partial charge in [0.1, 0.15) is 5.52 Å². The first-order chi connectivity index (χ1) is 16.8. The van der Waals surface area contributed by atoms with Gasteiger partial charge in [-0.05, 0) is 30.3 Å². The second-order valence-electron chi connectivity index (χ2n) is 8.11. The van der Waals surface area contributed by atoms with Crippen LogP contribution >= 0.6 is 11.3 Å². The Hall–Kier alpha value is -4.35. The van der Waals surface area contributed by atoms with Crippen LogP contribution in [-0.2, 0) is 0 Å². The zero-order valence-corrected chi connectivity index (χ0v) is 18.8. The predicted molar refractivity (Wildman–Crippen MR) is 139 cm³/mol. The quantitative estimate of drug-likeness (QED) is 0.271. The minimum Gasteiger partial charge on any atom is -0.436 e. The fourth-order valence-corrected chi connectivity index (χ4v) is 5.45. The number of fused-ring (bicyclic) bond motifs is 4. The van der Waals surface area contributed by atoms with E-state index < -0.39 is 0 Å². The maximum absolute atomic E-state index is 6.00. The fraction of sp³-hybridized carbons (Fsp3) is 0. The molecule has 3 aromatic heterocycles. The minimum absolute atomic E-state index is 0.591. The molecular formula is C29H17N3OS. The molecule has 4 aromatic carbocycles. The van der Waals surface area contributed by atoms with Gasteiger partial charge in [0, 0.05) is 26.8 Å². The minimum atomic E-state index is 0.591. The van der Waals surface area contributed by atoms with Crippen molar-refractivity contribution in [1.82, 2.24) is 15.0 Å². The van der Waals surface area contributed by atoms with Crippen LogP contribution in [0.25, 0.3) is 65.5 Å². The largest absolute Gasteiger partial charge is 0.436 e. The Labute approximate surface area is 199 Å². The average molecular weight is 456 g/mol. The lowest BCUT2D eigenvalue weighted by Crippen LogP contribution is -1.93. The number of para-hydroxylation sites is 2. The predicted octanol–water partition coefficient (Wildman–Crippen LogP) is 7.99.